The third-order valence-electron chi connectivity index (χ3n) is 3.51. The van der Waals surface area contributed by atoms with Crippen LogP contribution in [0.5, 0.6) is 0 Å². The van der Waals surface area contributed by atoms with E-state index in [-0.39, 0.29) is 31.4 Å². The van der Waals surface area contributed by atoms with Crippen LogP contribution in [0.1, 0.15) is 23.2 Å². The molecule has 1 fully saturated rings. The van der Waals surface area contributed by atoms with Crippen molar-refractivity contribution in [2.75, 3.05) is 31.5 Å². The summed E-state index contributed by atoms with van der Waals surface area (Å²) >= 11 is 5.97. The number of carbonyl (C=O) groups is 3. The highest BCUT2D eigenvalue weighted by molar-refractivity contribution is 6.31. The van der Waals surface area contributed by atoms with Gasteiger partial charge in [-0.1, -0.05) is 11.6 Å². The molecule has 1 aromatic carbocycles. The number of carbonyl (C=O) groups excluding carboxylic acids is 3. The number of hydrogen-bond acceptors (Lipinski definition) is 4. The first-order valence-electron chi connectivity index (χ1n) is 7.36. The van der Waals surface area contributed by atoms with E-state index in [1.165, 1.54) is 6.07 Å². The summed E-state index contributed by atoms with van der Waals surface area (Å²) in [6.07, 6.45) is 1.94. The van der Waals surface area contributed by atoms with Gasteiger partial charge in [-0.2, -0.15) is 0 Å². The van der Waals surface area contributed by atoms with Crippen LogP contribution in [0.3, 0.4) is 0 Å². The summed E-state index contributed by atoms with van der Waals surface area (Å²) in [6, 6.07) is 4.71. The van der Waals surface area contributed by atoms with Crippen LogP contribution in [0.4, 0.5) is 5.69 Å². The predicted octanol–water partition coefficient (Wildman–Crippen LogP) is 1.01. The lowest BCUT2D eigenvalue weighted by Gasteiger charge is -2.18. The van der Waals surface area contributed by atoms with Gasteiger partial charge in [0.25, 0.3) is 5.91 Å². The average Bonchev–Trinajstić information content (AvgIpc) is 3.08. The molecule has 0 unspecified atom stereocenters. The first-order chi connectivity index (χ1) is 11.0. The van der Waals surface area contributed by atoms with Gasteiger partial charge in [-0.25, -0.2) is 0 Å². The van der Waals surface area contributed by atoms with Crippen molar-refractivity contribution in [2.45, 2.75) is 12.8 Å². The van der Waals surface area contributed by atoms with E-state index in [9.17, 15) is 14.4 Å². The van der Waals surface area contributed by atoms with Crippen LogP contribution < -0.4 is 16.4 Å². The van der Waals surface area contributed by atoms with E-state index in [2.05, 4.69) is 10.6 Å². The molecule has 1 aromatic rings. The van der Waals surface area contributed by atoms with Crippen molar-refractivity contribution in [3.05, 3.63) is 28.8 Å². The summed E-state index contributed by atoms with van der Waals surface area (Å²) in [5, 5.41) is 5.41. The molecule has 0 bridgehead atoms. The van der Waals surface area contributed by atoms with Gasteiger partial charge in [-0.3, -0.25) is 14.4 Å². The molecule has 0 atom stereocenters. The van der Waals surface area contributed by atoms with Crippen LogP contribution in [0.15, 0.2) is 18.2 Å². The Hall–Kier alpha value is -1.83. The molecule has 0 spiro atoms. The van der Waals surface area contributed by atoms with Gasteiger partial charge < -0.3 is 21.3 Å². The monoisotopic (exact) mass is 374 g/mol. The number of amides is 3. The van der Waals surface area contributed by atoms with Gasteiger partial charge in [0.05, 0.1) is 24.3 Å². The normalized spacial score (nSPS) is 13.2. The Labute approximate surface area is 151 Å². The van der Waals surface area contributed by atoms with Crippen molar-refractivity contribution < 1.29 is 14.4 Å². The number of halogens is 2. The minimum absolute atomic E-state index is 0. The maximum absolute atomic E-state index is 12.5. The second-order valence-corrected chi connectivity index (χ2v) is 5.65. The zero-order valence-electron chi connectivity index (χ0n) is 13.0. The Balaban J connectivity index is 0.00000288. The second-order valence-electron chi connectivity index (χ2n) is 5.22. The molecular weight excluding hydrogens is 355 g/mol. The molecule has 1 saturated heterocycles. The number of anilines is 1. The summed E-state index contributed by atoms with van der Waals surface area (Å²) in [5.41, 5.74) is 5.87. The number of benzene rings is 1. The number of nitrogens with two attached hydrogens (primary N) is 1. The summed E-state index contributed by atoms with van der Waals surface area (Å²) in [7, 11) is 0. The van der Waals surface area contributed by atoms with Crippen LogP contribution in [0.2, 0.25) is 5.02 Å². The molecule has 1 aliphatic rings. The molecule has 132 valence electrons. The molecule has 3 amide bonds. The lowest BCUT2D eigenvalue weighted by molar-refractivity contribution is -0.123. The second kappa shape index (κ2) is 9.46. The third kappa shape index (κ3) is 5.36. The Morgan fingerprint density at radius 1 is 1.17 bits per heavy atom. The summed E-state index contributed by atoms with van der Waals surface area (Å²) in [6.45, 7) is 1.000. The van der Waals surface area contributed by atoms with Crippen LogP contribution in [-0.4, -0.2) is 48.8 Å². The largest absolute Gasteiger partial charge is 0.346 e. The smallest absolute Gasteiger partial charge is 0.256 e. The fourth-order valence-corrected chi connectivity index (χ4v) is 2.51. The van der Waals surface area contributed by atoms with Crippen molar-refractivity contribution in [1.29, 1.82) is 0 Å². The third-order valence-corrected chi connectivity index (χ3v) is 3.75. The molecule has 0 aliphatic carbocycles. The number of nitrogens with zero attached hydrogens (tertiary/aromatic N) is 1. The standard InChI is InChI=1S/C15H19ClN4O3.ClH/c16-10-3-4-12(19-14(22)9-18-13(21)8-17)11(7-10)15(23)20-5-1-2-6-20;/h3-4,7H,1-2,5-6,8-9,17H2,(H,18,21)(H,19,22);1H. The Bertz CT molecular complexity index is 619. The molecule has 1 heterocycles. The van der Waals surface area contributed by atoms with E-state index in [1.807, 2.05) is 0 Å². The highest BCUT2D eigenvalue weighted by Gasteiger charge is 2.22. The minimum Gasteiger partial charge on any atom is -0.346 e. The van der Waals surface area contributed by atoms with Crippen LogP contribution >= 0.6 is 24.0 Å². The van der Waals surface area contributed by atoms with Crippen LogP contribution in [0.25, 0.3) is 0 Å². The Morgan fingerprint density at radius 3 is 2.46 bits per heavy atom. The number of nitrogens with one attached hydrogen (secondary N) is 2. The highest BCUT2D eigenvalue weighted by atomic mass is 35.5. The predicted molar refractivity (Wildman–Crippen MR) is 94.5 cm³/mol. The minimum atomic E-state index is -0.440. The Morgan fingerprint density at radius 2 is 1.83 bits per heavy atom. The maximum Gasteiger partial charge on any atom is 0.256 e. The fraction of sp³-hybridized carbons (Fsp3) is 0.400. The number of likely N-dealkylation sites (tertiary alicyclic amines) is 1. The molecule has 4 N–H and O–H groups in total. The van der Waals surface area contributed by atoms with Crippen LogP contribution in [0, 0.1) is 0 Å². The van der Waals surface area contributed by atoms with E-state index in [0.717, 1.165) is 12.8 Å². The van der Waals surface area contributed by atoms with E-state index >= 15 is 0 Å². The van der Waals surface area contributed by atoms with E-state index in [4.69, 9.17) is 17.3 Å². The Kier molecular flexibility index (Phi) is 7.97. The topological polar surface area (TPSA) is 105 Å². The molecule has 9 heteroatoms. The fourth-order valence-electron chi connectivity index (χ4n) is 2.34. The van der Waals surface area contributed by atoms with Gasteiger partial charge in [0.1, 0.15) is 0 Å². The van der Waals surface area contributed by atoms with Crippen molar-refractivity contribution in [2.24, 2.45) is 5.73 Å². The molecule has 0 saturated carbocycles. The van der Waals surface area contributed by atoms with Gasteiger partial charge in [0.15, 0.2) is 0 Å². The average molecular weight is 375 g/mol. The summed E-state index contributed by atoms with van der Waals surface area (Å²) < 4.78 is 0. The molecule has 0 radical (unpaired) electrons. The van der Waals surface area contributed by atoms with Crippen molar-refractivity contribution in [1.82, 2.24) is 10.2 Å². The summed E-state index contributed by atoms with van der Waals surface area (Å²) in [5.74, 6) is -1.03. The van der Waals surface area contributed by atoms with Crippen molar-refractivity contribution >= 4 is 47.4 Å². The zero-order valence-corrected chi connectivity index (χ0v) is 14.6. The SMILES string of the molecule is Cl.NCC(=O)NCC(=O)Nc1ccc(Cl)cc1C(=O)N1CCCC1. The quantitative estimate of drug-likeness (QED) is 0.715. The zero-order chi connectivity index (χ0) is 16.8. The van der Waals surface area contributed by atoms with Gasteiger partial charge in [-0.05, 0) is 31.0 Å². The maximum atomic E-state index is 12.5. The number of rotatable bonds is 5. The van der Waals surface area contributed by atoms with E-state index in [0.29, 0.717) is 29.4 Å². The molecule has 0 aromatic heterocycles. The molecule has 1 aliphatic heterocycles. The lowest BCUT2D eigenvalue weighted by atomic mass is 10.1. The number of hydrogen-bond donors (Lipinski definition) is 3. The van der Waals surface area contributed by atoms with Crippen molar-refractivity contribution in [3.8, 4) is 0 Å². The van der Waals surface area contributed by atoms with E-state index in [1.54, 1.807) is 17.0 Å². The van der Waals surface area contributed by atoms with Crippen molar-refractivity contribution in [3.63, 3.8) is 0 Å². The first kappa shape index (κ1) is 20.2. The van der Waals surface area contributed by atoms with Gasteiger partial charge >= 0.3 is 0 Å². The molecule has 2 rings (SSSR count). The lowest BCUT2D eigenvalue weighted by Crippen LogP contribution is -2.37. The first-order valence-corrected chi connectivity index (χ1v) is 7.74. The van der Waals surface area contributed by atoms with Gasteiger partial charge in [-0.15, -0.1) is 12.4 Å². The van der Waals surface area contributed by atoms with Gasteiger partial charge in [0.2, 0.25) is 11.8 Å². The van der Waals surface area contributed by atoms with Crippen LogP contribution in [-0.2, 0) is 9.59 Å². The summed E-state index contributed by atoms with van der Waals surface area (Å²) in [4.78, 5) is 37.2. The molecule has 24 heavy (non-hydrogen) atoms. The highest BCUT2D eigenvalue weighted by Crippen LogP contribution is 2.24. The molecular formula is C15H20Cl2N4O3. The van der Waals surface area contributed by atoms with Gasteiger partial charge in [0, 0.05) is 18.1 Å². The van der Waals surface area contributed by atoms with E-state index < -0.39 is 11.8 Å². The molecule has 7 nitrogen and oxygen atoms in total.